The lowest BCUT2D eigenvalue weighted by atomic mass is 10.0. The van der Waals surface area contributed by atoms with Crippen LogP contribution in [0.15, 0.2) is 16.2 Å². The minimum absolute atomic E-state index is 0.133. The summed E-state index contributed by atoms with van der Waals surface area (Å²) < 4.78 is 10.7. The van der Waals surface area contributed by atoms with Gasteiger partial charge in [-0.25, -0.2) is 0 Å². The molecule has 0 spiro atoms. The first-order valence-electron chi connectivity index (χ1n) is 5.36. The quantitative estimate of drug-likeness (QED) is 0.874. The molecule has 0 aliphatic carbocycles. The van der Waals surface area contributed by atoms with E-state index in [9.17, 15) is 0 Å². The van der Waals surface area contributed by atoms with Crippen LogP contribution >= 0.6 is 11.3 Å². The maximum atomic E-state index is 5.41. The first kappa shape index (κ1) is 10.8. The fourth-order valence-corrected chi connectivity index (χ4v) is 2.44. The van der Waals surface area contributed by atoms with E-state index in [4.69, 9.17) is 9.26 Å². The van der Waals surface area contributed by atoms with Crippen molar-refractivity contribution in [2.75, 3.05) is 20.3 Å². The Kier molecular flexibility index (Phi) is 2.87. The van der Waals surface area contributed by atoms with E-state index in [1.54, 1.807) is 11.7 Å². The molecule has 0 bridgehead atoms. The van der Waals surface area contributed by atoms with Crippen LogP contribution in [0.3, 0.4) is 0 Å². The summed E-state index contributed by atoms with van der Waals surface area (Å²) in [7, 11) is 1.91. The van der Waals surface area contributed by atoms with Crippen molar-refractivity contribution in [3.05, 3.63) is 17.6 Å². The lowest BCUT2D eigenvalue weighted by Crippen LogP contribution is -2.31. The van der Waals surface area contributed by atoms with Gasteiger partial charge in [0.05, 0.1) is 29.5 Å². The number of rotatable bonds is 3. The monoisotopic (exact) mass is 252 g/mol. The summed E-state index contributed by atoms with van der Waals surface area (Å²) in [4.78, 5) is 9.32. The zero-order valence-electron chi connectivity index (χ0n) is 9.29. The van der Waals surface area contributed by atoms with Crippen LogP contribution in [0.2, 0.25) is 0 Å². The summed E-state index contributed by atoms with van der Waals surface area (Å²) in [5.41, 5.74) is 1.75. The molecular weight excluding hydrogens is 240 g/mol. The maximum absolute atomic E-state index is 5.41. The number of likely N-dealkylation sites (N-methyl/N-ethyl adjacent to an activating group) is 1. The van der Waals surface area contributed by atoms with Gasteiger partial charge in [-0.2, -0.15) is 4.98 Å². The van der Waals surface area contributed by atoms with Crippen molar-refractivity contribution in [3.63, 3.8) is 0 Å². The zero-order valence-corrected chi connectivity index (χ0v) is 10.1. The van der Waals surface area contributed by atoms with E-state index in [0.29, 0.717) is 24.9 Å². The lowest BCUT2D eigenvalue weighted by Gasteiger charge is -2.11. The number of nitrogens with zero attached hydrogens (tertiary/aromatic N) is 3. The van der Waals surface area contributed by atoms with Gasteiger partial charge in [0.15, 0.2) is 0 Å². The van der Waals surface area contributed by atoms with Crippen LogP contribution in [0.4, 0.5) is 0 Å². The summed E-state index contributed by atoms with van der Waals surface area (Å²) >= 11 is 1.50. The summed E-state index contributed by atoms with van der Waals surface area (Å²) in [5, 5.41) is 7.17. The molecule has 7 heteroatoms. The molecule has 17 heavy (non-hydrogen) atoms. The molecule has 1 fully saturated rings. The number of hydrogen-bond donors (Lipinski definition) is 1. The smallest absolute Gasteiger partial charge is 0.234 e. The second-order valence-corrected chi connectivity index (χ2v) is 4.75. The van der Waals surface area contributed by atoms with Gasteiger partial charge in [0, 0.05) is 12.2 Å². The van der Waals surface area contributed by atoms with E-state index in [1.807, 2.05) is 7.05 Å². The van der Waals surface area contributed by atoms with Crippen LogP contribution < -0.4 is 5.32 Å². The van der Waals surface area contributed by atoms with Crippen LogP contribution in [0.5, 0.6) is 0 Å². The van der Waals surface area contributed by atoms with Crippen molar-refractivity contribution in [1.29, 1.82) is 0 Å². The molecule has 6 nitrogen and oxygen atoms in total. The third kappa shape index (κ3) is 1.97. The van der Waals surface area contributed by atoms with Crippen LogP contribution in [0.25, 0.3) is 10.7 Å². The van der Waals surface area contributed by atoms with Crippen molar-refractivity contribution in [1.82, 2.24) is 20.4 Å². The Morgan fingerprint density at radius 1 is 1.47 bits per heavy atom. The Morgan fingerprint density at radius 2 is 2.41 bits per heavy atom. The van der Waals surface area contributed by atoms with Crippen molar-refractivity contribution in [3.8, 4) is 10.7 Å². The van der Waals surface area contributed by atoms with Crippen molar-refractivity contribution in [2.24, 2.45) is 0 Å². The van der Waals surface area contributed by atoms with Crippen molar-refractivity contribution in [2.45, 2.75) is 12.0 Å². The lowest BCUT2D eigenvalue weighted by molar-refractivity contribution is 0.185. The van der Waals surface area contributed by atoms with E-state index >= 15 is 0 Å². The van der Waals surface area contributed by atoms with Gasteiger partial charge in [-0.05, 0) is 7.05 Å². The SMILES string of the molecule is CNC1COCC1c1nc(-c2cncs2)no1. The Labute approximate surface area is 102 Å². The van der Waals surface area contributed by atoms with Crippen molar-refractivity contribution >= 4 is 11.3 Å². The first-order valence-corrected chi connectivity index (χ1v) is 6.24. The molecule has 90 valence electrons. The summed E-state index contributed by atoms with van der Waals surface area (Å²) in [6.07, 6.45) is 1.74. The summed E-state index contributed by atoms with van der Waals surface area (Å²) in [6.45, 7) is 1.30. The molecule has 0 amide bonds. The van der Waals surface area contributed by atoms with E-state index in [-0.39, 0.29) is 12.0 Å². The molecule has 2 unspecified atom stereocenters. The van der Waals surface area contributed by atoms with Gasteiger partial charge in [-0.15, -0.1) is 11.3 Å². The minimum Gasteiger partial charge on any atom is -0.379 e. The predicted molar refractivity (Wildman–Crippen MR) is 61.8 cm³/mol. The summed E-state index contributed by atoms with van der Waals surface area (Å²) in [5.74, 6) is 1.36. The number of ether oxygens (including phenoxy) is 1. The van der Waals surface area contributed by atoms with Gasteiger partial charge in [0.2, 0.25) is 11.7 Å². The molecule has 3 rings (SSSR count). The Hall–Kier alpha value is -1.31. The maximum Gasteiger partial charge on any atom is 0.234 e. The van der Waals surface area contributed by atoms with Gasteiger partial charge in [0.1, 0.15) is 0 Å². The molecule has 2 aromatic rings. The molecule has 3 heterocycles. The summed E-state index contributed by atoms with van der Waals surface area (Å²) in [6, 6.07) is 0.241. The van der Waals surface area contributed by atoms with Crippen LogP contribution in [-0.4, -0.2) is 41.4 Å². The van der Waals surface area contributed by atoms with E-state index in [1.165, 1.54) is 11.3 Å². The van der Waals surface area contributed by atoms with E-state index in [0.717, 1.165) is 4.88 Å². The molecule has 2 atom stereocenters. The van der Waals surface area contributed by atoms with Crippen LogP contribution in [0, 0.1) is 0 Å². The second-order valence-electron chi connectivity index (χ2n) is 3.86. The topological polar surface area (TPSA) is 73.1 Å². The van der Waals surface area contributed by atoms with E-state index < -0.39 is 0 Å². The van der Waals surface area contributed by atoms with Crippen LogP contribution in [-0.2, 0) is 4.74 Å². The second kappa shape index (κ2) is 4.52. The van der Waals surface area contributed by atoms with E-state index in [2.05, 4.69) is 20.4 Å². The van der Waals surface area contributed by atoms with Gasteiger partial charge < -0.3 is 14.6 Å². The number of hydrogen-bond acceptors (Lipinski definition) is 7. The minimum atomic E-state index is 0.133. The largest absolute Gasteiger partial charge is 0.379 e. The fourth-order valence-electron chi connectivity index (χ4n) is 1.89. The fraction of sp³-hybridized carbons (Fsp3) is 0.500. The molecule has 2 aromatic heterocycles. The highest BCUT2D eigenvalue weighted by molar-refractivity contribution is 7.13. The number of aromatic nitrogens is 3. The standard InChI is InChI=1S/C10H12N4O2S/c1-11-7-4-15-3-6(7)10-13-9(14-16-10)8-2-12-5-17-8/h2,5-7,11H,3-4H2,1H3. The number of thiazole rings is 1. The Bertz CT molecular complexity index is 484. The molecule has 0 saturated carbocycles. The van der Waals surface area contributed by atoms with Gasteiger partial charge in [0.25, 0.3) is 0 Å². The molecule has 1 aliphatic heterocycles. The first-order chi connectivity index (χ1) is 8.38. The molecule has 1 aliphatic rings. The molecule has 1 N–H and O–H groups in total. The highest BCUT2D eigenvalue weighted by atomic mass is 32.1. The molecular formula is C10H12N4O2S. The molecule has 0 radical (unpaired) electrons. The number of nitrogens with one attached hydrogen (secondary N) is 1. The van der Waals surface area contributed by atoms with Gasteiger partial charge in [-0.3, -0.25) is 4.98 Å². The highest BCUT2D eigenvalue weighted by Gasteiger charge is 2.33. The normalized spacial score (nSPS) is 24.3. The average molecular weight is 252 g/mol. The zero-order chi connectivity index (χ0) is 11.7. The third-order valence-corrected chi connectivity index (χ3v) is 3.63. The predicted octanol–water partition coefficient (Wildman–Crippen LogP) is 0.895. The van der Waals surface area contributed by atoms with Crippen LogP contribution in [0.1, 0.15) is 11.8 Å². The molecule has 1 saturated heterocycles. The van der Waals surface area contributed by atoms with Crippen molar-refractivity contribution < 1.29 is 9.26 Å². The average Bonchev–Trinajstić information content (AvgIpc) is 3.09. The molecule has 0 aromatic carbocycles. The third-order valence-electron chi connectivity index (χ3n) is 2.86. The Morgan fingerprint density at radius 3 is 3.18 bits per heavy atom. The van der Waals surface area contributed by atoms with Gasteiger partial charge >= 0.3 is 0 Å². The van der Waals surface area contributed by atoms with Gasteiger partial charge in [-0.1, -0.05) is 5.16 Å². The highest BCUT2D eigenvalue weighted by Crippen LogP contribution is 2.27. The Balaban J connectivity index is 1.85.